The van der Waals surface area contributed by atoms with Crippen molar-refractivity contribution in [1.82, 2.24) is 9.97 Å². The fourth-order valence-corrected chi connectivity index (χ4v) is 3.54. The Morgan fingerprint density at radius 2 is 1.04 bits per heavy atom. The van der Waals surface area contributed by atoms with Gasteiger partial charge in [-0.25, -0.2) is 4.98 Å². The molecule has 0 fully saturated rings. The summed E-state index contributed by atoms with van der Waals surface area (Å²) >= 11 is 19.2. The molecule has 0 saturated carbocycles. The molecular weight excluding hydrogens is 387 g/mol. The molecule has 0 spiro atoms. The van der Waals surface area contributed by atoms with Gasteiger partial charge in [-0.15, -0.1) is 0 Å². The van der Waals surface area contributed by atoms with Crippen molar-refractivity contribution in [3.63, 3.8) is 0 Å². The first-order valence-electron chi connectivity index (χ1n) is 8.00. The van der Waals surface area contributed by atoms with E-state index < -0.39 is 0 Å². The van der Waals surface area contributed by atoms with Crippen LogP contribution in [0, 0.1) is 0 Å². The zero-order valence-corrected chi connectivity index (χ0v) is 15.8. The molecule has 0 unspecified atom stereocenters. The lowest BCUT2D eigenvalue weighted by Gasteiger charge is -2.06. The van der Waals surface area contributed by atoms with Gasteiger partial charge in [-0.2, -0.15) is 0 Å². The van der Waals surface area contributed by atoms with Crippen LogP contribution in [0.1, 0.15) is 0 Å². The Bertz CT molecular complexity index is 1020. The Labute approximate surface area is 166 Å². The van der Waals surface area contributed by atoms with Gasteiger partial charge in [0, 0.05) is 21.7 Å². The first kappa shape index (κ1) is 17.2. The number of hydrogen-bond acceptors (Lipinski definition) is 1. The van der Waals surface area contributed by atoms with Crippen molar-refractivity contribution in [3.05, 3.63) is 87.9 Å². The maximum Gasteiger partial charge on any atom is 0.140 e. The minimum atomic E-state index is 0.623. The molecule has 0 bridgehead atoms. The average molecular weight is 400 g/mol. The zero-order valence-electron chi connectivity index (χ0n) is 13.5. The van der Waals surface area contributed by atoms with Crippen LogP contribution in [-0.4, -0.2) is 9.97 Å². The normalized spacial score (nSPS) is 10.9. The maximum atomic E-state index is 6.44. The van der Waals surface area contributed by atoms with Crippen LogP contribution < -0.4 is 0 Å². The van der Waals surface area contributed by atoms with Gasteiger partial charge in [0.15, 0.2) is 0 Å². The van der Waals surface area contributed by atoms with E-state index in [1.807, 2.05) is 72.8 Å². The summed E-state index contributed by atoms with van der Waals surface area (Å²) in [6, 6.07) is 22.8. The highest BCUT2D eigenvalue weighted by Crippen LogP contribution is 2.39. The molecule has 0 saturated heterocycles. The van der Waals surface area contributed by atoms with Gasteiger partial charge in [-0.1, -0.05) is 83.3 Å². The van der Waals surface area contributed by atoms with E-state index >= 15 is 0 Å². The summed E-state index contributed by atoms with van der Waals surface area (Å²) in [5, 5.41) is 1.88. The van der Waals surface area contributed by atoms with Gasteiger partial charge in [0.05, 0.1) is 21.4 Å². The van der Waals surface area contributed by atoms with Crippen molar-refractivity contribution in [2.75, 3.05) is 0 Å². The van der Waals surface area contributed by atoms with Gasteiger partial charge in [0.2, 0.25) is 0 Å². The SMILES string of the molecule is Clc1ccccc1-c1nc(-c2ccccc2Cl)c(-c2ccccc2Cl)[nH]1. The van der Waals surface area contributed by atoms with Crippen LogP contribution >= 0.6 is 34.8 Å². The van der Waals surface area contributed by atoms with Gasteiger partial charge in [0.25, 0.3) is 0 Å². The minimum absolute atomic E-state index is 0.623. The highest BCUT2D eigenvalue weighted by molar-refractivity contribution is 6.35. The molecule has 3 aromatic carbocycles. The number of rotatable bonds is 3. The lowest BCUT2D eigenvalue weighted by Crippen LogP contribution is -1.85. The zero-order chi connectivity index (χ0) is 18.1. The molecule has 4 rings (SSSR count). The number of H-pyrrole nitrogens is 1. The highest BCUT2D eigenvalue weighted by atomic mass is 35.5. The summed E-state index contributed by atoms with van der Waals surface area (Å²) < 4.78 is 0. The van der Waals surface area contributed by atoms with Crippen LogP contribution in [0.15, 0.2) is 72.8 Å². The fraction of sp³-hybridized carbons (Fsp3) is 0. The molecule has 0 atom stereocenters. The molecule has 0 amide bonds. The lowest BCUT2D eigenvalue weighted by molar-refractivity contribution is 1.31. The molecule has 0 aliphatic carbocycles. The van der Waals surface area contributed by atoms with Gasteiger partial charge in [-0.3, -0.25) is 0 Å². The number of hydrogen-bond donors (Lipinski definition) is 1. The number of aromatic nitrogens is 2. The fourth-order valence-electron chi connectivity index (χ4n) is 2.86. The molecule has 0 aliphatic rings. The predicted molar refractivity (Wildman–Crippen MR) is 110 cm³/mol. The Kier molecular flexibility index (Phi) is 4.73. The quantitative estimate of drug-likeness (QED) is 0.383. The number of benzene rings is 3. The molecule has 2 nitrogen and oxygen atoms in total. The summed E-state index contributed by atoms with van der Waals surface area (Å²) in [5.74, 6) is 0.667. The molecular formula is C21H13Cl3N2. The number of aromatic amines is 1. The number of imidazole rings is 1. The van der Waals surface area contributed by atoms with Crippen LogP contribution in [-0.2, 0) is 0 Å². The predicted octanol–water partition coefficient (Wildman–Crippen LogP) is 7.37. The van der Waals surface area contributed by atoms with E-state index in [1.165, 1.54) is 0 Å². The largest absolute Gasteiger partial charge is 0.337 e. The standard InChI is InChI=1S/C21H13Cl3N2/c22-16-10-4-1-7-13(16)19-20(14-8-2-5-11-17(14)23)26-21(25-19)15-9-3-6-12-18(15)24/h1-12H,(H,25,26). The summed E-state index contributed by atoms with van der Waals surface area (Å²) in [7, 11) is 0. The number of nitrogens with zero attached hydrogens (tertiary/aromatic N) is 1. The van der Waals surface area contributed by atoms with Crippen molar-refractivity contribution >= 4 is 34.8 Å². The Morgan fingerprint density at radius 3 is 1.58 bits per heavy atom. The van der Waals surface area contributed by atoms with E-state index in [1.54, 1.807) is 0 Å². The average Bonchev–Trinajstić information content (AvgIpc) is 3.07. The first-order chi connectivity index (χ1) is 12.6. The second-order valence-corrected chi connectivity index (χ2v) is 6.97. The van der Waals surface area contributed by atoms with Crippen LogP contribution in [0.5, 0.6) is 0 Å². The third-order valence-corrected chi connectivity index (χ3v) is 5.09. The molecule has 128 valence electrons. The van der Waals surface area contributed by atoms with E-state index in [0.717, 1.165) is 28.1 Å². The highest BCUT2D eigenvalue weighted by Gasteiger charge is 2.19. The Morgan fingerprint density at radius 1 is 0.577 bits per heavy atom. The third kappa shape index (κ3) is 3.12. The monoisotopic (exact) mass is 398 g/mol. The van der Waals surface area contributed by atoms with Crippen molar-refractivity contribution < 1.29 is 0 Å². The summed E-state index contributed by atoms with van der Waals surface area (Å²) in [5.41, 5.74) is 4.05. The summed E-state index contributed by atoms with van der Waals surface area (Å²) in [6.07, 6.45) is 0. The lowest BCUT2D eigenvalue weighted by atomic mass is 10.1. The molecule has 1 aromatic heterocycles. The van der Waals surface area contributed by atoms with Crippen LogP contribution in [0.4, 0.5) is 0 Å². The van der Waals surface area contributed by atoms with Crippen molar-refractivity contribution in [1.29, 1.82) is 0 Å². The number of nitrogens with one attached hydrogen (secondary N) is 1. The van der Waals surface area contributed by atoms with Gasteiger partial charge < -0.3 is 4.98 Å². The smallest absolute Gasteiger partial charge is 0.140 e. The molecule has 26 heavy (non-hydrogen) atoms. The number of halogens is 3. The van der Waals surface area contributed by atoms with Crippen molar-refractivity contribution in [2.45, 2.75) is 0 Å². The molecule has 0 radical (unpaired) electrons. The van der Waals surface area contributed by atoms with Crippen molar-refractivity contribution in [2.24, 2.45) is 0 Å². The van der Waals surface area contributed by atoms with E-state index in [0.29, 0.717) is 20.9 Å². The van der Waals surface area contributed by atoms with E-state index in [9.17, 15) is 0 Å². The molecule has 0 aliphatic heterocycles. The summed E-state index contributed by atoms with van der Waals surface area (Å²) in [6.45, 7) is 0. The van der Waals surface area contributed by atoms with E-state index in [2.05, 4.69) is 4.98 Å². The Hall–Kier alpha value is -2.26. The maximum absolute atomic E-state index is 6.44. The second-order valence-electron chi connectivity index (χ2n) is 5.75. The third-order valence-electron chi connectivity index (χ3n) is 4.10. The Balaban J connectivity index is 1.99. The van der Waals surface area contributed by atoms with Crippen LogP contribution in [0.3, 0.4) is 0 Å². The second kappa shape index (κ2) is 7.16. The van der Waals surface area contributed by atoms with Gasteiger partial charge in [-0.05, 0) is 24.3 Å². The van der Waals surface area contributed by atoms with Gasteiger partial charge in [0.1, 0.15) is 5.82 Å². The minimum Gasteiger partial charge on any atom is -0.337 e. The summed E-state index contributed by atoms with van der Waals surface area (Å²) in [4.78, 5) is 8.19. The molecule has 1 N–H and O–H groups in total. The molecule has 1 heterocycles. The molecule has 4 aromatic rings. The van der Waals surface area contributed by atoms with E-state index in [-0.39, 0.29) is 0 Å². The first-order valence-corrected chi connectivity index (χ1v) is 9.13. The van der Waals surface area contributed by atoms with Crippen molar-refractivity contribution in [3.8, 4) is 33.9 Å². The van der Waals surface area contributed by atoms with Crippen LogP contribution in [0.2, 0.25) is 15.1 Å². The van der Waals surface area contributed by atoms with Crippen LogP contribution in [0.25, 0.3) is 33.9 Å². The van der Waals surface area contributed by atoms with Gasteiger partial charge >= 0.3 is 0 Å². The molecule has 5 heteroatoms. The topological polar surface area (TPSA) is 28.7 Å². The van der Waals surface area contributed by atoms with E-state index in [4.69, 9.17) is 39.8 Å².